The summed E-state index contributed by atoms with van der Waals surface area (Å²) in [5.74, 6) is -0.874. The third-order valence-corrected chi connectivity index (χ3v) is 12.9. The van der Waals surface area contributed by atoms with E-state index in [1.807, 2.05) is 24.7 Å². The van der Waals surface area contributed by atoms with Gasteiger partial charge in [-0.1, -0.05) is 12.1 Å². The molecule has 5 aliphatic rings. The van der Waals surface area contributed by atoms with E-state index < -0.39 is 29.7 Å². The van der Waals surface area contributed by atoms with E-state index in [2.05, 4.69) is 74.1 Å². The third kappa shape index (κ3) is 5.83. The van der Waals surface area contributed by atoms with Crippen LogP contribution in [0.1, 0.15) is 59.2 Å². The quantitative estimate of drug-likeness (QED) is 0.202. The van der Waals surface area contributed by atoms with Crippen LogP contribution in [0.4, 0.5) is 0 Å². The first-order chi connectivity index (χ1) is 27.1. The molecule has 0 radical (unpaired) electrons. The number of rotatable bonds is 10. The molecule has 1 atom stereocenters. The van der Waals surface area contributed by atoms with Crippen molar-refractivity contribution in [2.45, 2.75) is 62.8 Å². The lowest BCUT2D eigenvalue weighted by Crippen LogP contribution is -2.68. The number of amides is 4. The number of aromatic nitrogens is 3. The highest BCUT2D eigenvalue weighted by Crippen LogP contribution is 2.51. The molecule has 3 aliphatic heterocycles. The number of ether oxygens (including phenoxy) is 2. The van der Waals surface area contributed by atoms with E-state index in [0.717, 1.165) is 53.9 Å². The Morgan fingerprint density at radius 1 is 0.875 bits per heavy atom. The maximum Gasteiger partial charge on any atom is 0.262 e. The van der Waals surface area contributed by atoms with Crippen molar-refractivity contribution in [3.8, 4) is 22.8 Å². The second kappa shape index (κ2) is 13.2. The largest absolute Gasteiger partial charge is 0.492 e. The van der Waals surface area contributed by atoms with Gasteiger partial charge in [-0.2, -0.15) is 0 Å². The minimum absolute atomic E-state index is 0.0876. The van der Waals surface area contributed by atoms with E-state index in [4.69, 9.17) is 9.47 Å². The van der Waals surface area contributed by atoms with Crippen LogP contribution in [0.25, 0.3) is 32.9 Å². The molecule has 2 saturated heterocycles. The summed E-state index contributed by atoms with van der Waals surface area (Å²) in [6.07, 6.45) is 10.5. The number of hydrogen-bond donors (Lipinski definition) is 1. The summed E-state index contributed by atoms with van der Waals surface area (Å²) in [7, 11) is 4.36. The number of carbonyl (C=O) groups excluding carboxylic acids is 4. The van der Waals surface area contributed by atoms with E-state index in [9.17, 15) is 19.2 Å². The van der Waals surface area contributed by atoms with Gasteiger partial charge in [-0.3, -0.25) is 39.3 Å². The van der Waals surface area contributed by atoms with Crippen LogP contribution in [-0.2, 0) is 16.6 Å². The molecule has 1 N–H and O–H groups in total. The standard InChI is InChI=1S/C43H43N7O6/c1-47(27-16-30(17-27)56-39-10-4-26(21-45-39)25-3-6-31-34-22-44-12-11-35(34)48(2)37(31)15-25)28-19-43(20-28)23-49(24-43)13-14-55-29-5-7-32-33(18-29)42(54)50(41(32)53)36-8-9-38(51)46-40(36)52/h3-7,10-12,15,18,21-22,27-28,30,36H,8-9,13-14,16-17,19-20,23-24H2,1-2H3,(H,46,51,52)/t27-,30-,36?. The number of likely N-dealkylation sites (tertiary alicyclic amines) is 1. The Hall–Kier alpha value is -5.66. The molecule has 2 saturated carbocycles. The maximum absolute atomic E-state index is 13.1. The molecule has 286 valence electrons. The van der Waals surface area contributed by atoms with Gasteiger partial charge in [0.2, 0.25) is 17.7 Å². The lowest BCUT2D eigenvalue weighted by molar-refractivity contribution is -0.136. The summed E-state index contributed by atoms with van der Waals surface area (Å²) in [5.41, 5.74) is 5.39. The molecule has 2 aliphatic carbocycles. The van der Waals surface area contributed by atoms with Crippen molar-refractivity contribution in [3.05, 3.63) is 84.3 Å². The molecule has 4 amide bonds. The number of hydrogen-bond acceptors (Lipinski definition) is 10. The Balaban J connectivity index is 0.652. The van der Waals surface area contributed by atoms with Crippen LogP contribution >= 0.6 is 0 Å². The van der Waals surface area contributed by atoms with Crippen molar-refractivity contribution < 1.29 is 28.7 Å². The first kappa shape index (κ1) is 34.8. The normalized spacial score (nSPS) is 23.3. The summed E-state index contributed by atoms with van der Waals surface area (Å²) in [6.45, 7) is 3.37. The molecule has 5 aromatic rings. The lowest BCUT2D eigenvalue weighted by Gasteiger charge is -2.62. The van der Waals surface area contributed by atoms with Crippen molar-refractivity contribution in [1.29, 1.82) is 0 Å². The van der Waals surface area contributed by atoms with Crippen LogP contribution in [-0.4, -0.2) is 110 Å². The Bertz CT molecular complexity index is 2420. The summed E-state index contributed by atoms with van der Waals surface area (Å²) in [6, 6.07) is 17.7. The highest BCUT2D eigenvalue weighted by molar-refractivity contribution is 6.23. The Kier molecular flexibility index (Phi) is 8.22. The van der Waals surface area contributed by atoms with Gasteiger partial charge in [-0.05, 0) is 73.7 Å². The van der Waals surface area contributed by atoms with Gasteiger partial charge in [0, 0.05) is 105 Å². The smallest absolute Gasteiger partial charge is 0.262 e. The zero-order chi connectivity index (χ0) is 38.3. The molecule has 4 fully saturated rings. The maximum atomic E-state index is 13.1. The molecule has 0 bridgehead atoms. The molecular weight excluding hydrogens is 711 g/mol. The highest BCUT2D eigenvalue weighted by Gasteiger charge is 2.54. The number of aryl methyl sites for hydroxylation is 1. The number of nitrogens with one attached hydrogen (secondary N) is 1. The fourth-order valence-corrected chi connectivity index (χ4v) is 9.67. The van der Waals surface area contributed by atoms with Crippen molar-refractivity contribution in [2.24, 2.45) is 12.5 Å². The Morgan fingerprint density at radius 3 is 2.46 bits per heavy atom. The first-order valence-corrected chi connectivity index (χ1v) is 19.5. The molecule has 1 unspecified atom stereocenters. The van der Waals surface area contributed by atoms with E-state index >= 15 is 0 Å². The predicted molar refractivity (Wildman–Crippen MR) is 207 cm³/mol. The van der Waals surface area contributed by atoms with Gasteiger partial charge in [0.05, 0.1) is 16.6 Å². The minimum atomic E-state index is -0.982. The predicted octanol–water partition coefficient (Wildman–Crippen LogP) is 4.57. The zero-order valence-corrected chi connectivity index (χ0v) is 31.4. The molecule has 6 heterocycles. The number of pyridine rings is 2. The Labute approximate surface area is 323 Å². The van der Waals surface area contributed by atoms with E-state index in [1.54, 1.807) is 18.2 Å². The lowest BCUT2D eigenvalue weighted by atomic mass is 9.60. The number of carbonyl (C=O) groups is 4. The number of imide groups is 2. The molecule has 10 rings (SSSR count). The number of benzene rings is 2. The molecule has 2 aromatic carbocycles. The van der Waals surface area contributed by atoms with Gasteiger partial charge in [0.1, 0.15) is 24.5 Å². The van der Waals surface area contributed by atoms with Crippen molar-refractivity contribution in [2.75, 3.05) is 33.3 Å². The third-order valence-electron chi connectivity index (χ3n) is 12.9. The average Bonchev–Trinajstić information content (AvgIpc) is 3.58. The van der Waals surface area contributed by atoms with Crippen LogP contribution in [0.3, 0.4) is 0 Å². The summed E-state index contributed by atoms with van der Waals surface area (Å²) in [4.78, 5) is 64.9. The first-order valence-electron chi connectivity index (χ1n) is 19.5. The zero-order valence-electron chi connectivity index (χ0n) is 31.4. The molecule has 3 aromatic heterocycles. The minimum Gasteiger partial charge on any atom is -0.492 e. The molecule has 1 spiro atoms. The Morgan fingerprint density at radius 2 is 1.68 bits per heavy atom. The van der Waals surface area contributed by atoms with E-state index in [0.29, 0.717) is 35.7 Å². The SMILES string of the molecule is Cn1c2ccncc2c2ccc(-c3ccc(O[C@H]4C[C@H](N(C)C5CC6(C5)CN(CCOc5ccc7c(c5)C(=O)N(C5CCC(=O)NC5=O)C7=O)C6)C4)nc3)cc21. The van der Waals surface area contributed by atoms with Crippen molar-refractivity contribution in [3.63, 3.8) is 0 Å². The van der Waals surface area contributed by atoms with Crippen LogP contribution < -0.4 is 14.8 Å². The fourth-order valence-electron chi connectivity index (χ4n) is 9.67. The van der Waals surface area contributed by atoms with Crippen LogP contribution in [0.2, 0.25) is 0 Å². The van der Waals surface area contributed by atoms with Crippen molar-refractivity contribution in [1.82, 2.24) is 34.6 Å². The fraction of sp³-hybridized carbons (Fsp3) is 0.395. The molecular formula is C43H43N7O6. The summed E-state index contributed by atoms with van der Waals surface area (Å²) >= 11 is 0. The monoisotopic (exact) mass is 753 g/mol. The summed E-state index contributed by atoms with van der Waals surface area (Å²) in [5, 5.41) is 4.58. The topological polar surface area (TPSA) is 139 Å². The van der Waals surface area contributed by atoms with Crippen LogP contribution in [0.15, 0.2) is 73.2 Å². The molecule has 13 heteroatoms. The average molecular weight is 754 g/mol. The van der Waals surface area contributed by atoms with Gasteiger partial charge in [0.15, 0.2) is 0 Å². The second-order valence-electron chi connectivity index (χ2n) is 16.4. The number of nitrogens with zero attached hydrogens (tertiary/aromatic N) is 6. The van der Waals surface area contributed by atoms with Gasteiger partial charge >= 0.3 is 0 Å². The van der Waals surface area contributed by atoms with Crippen LogP contribution in [0, 0.1) is 5.41 Å². The van der Waals surface area contributed by atoms with E-state index in [-0.39, 0.29) is 30.1 Å². The van der Waals surface area contributed by atoms with Gasteiger partial charge in [0.25, 0.3) is 11.8 Å². The van der Waals surface area contributed by atoms with Gasteiger partial charge < -0.3 is 18.9 Å². The number of fused-ring (bicyclic) bond motifs is 4. The van der Waals surface area contributed by atoms with Gasteiger partial charge in [-0.25, -0.2) is 4.98 Å². The molecule has 56 heavy (non-hydrogen) atoms. The van der Waals surface area contributed by atoms with E-state index in [1.165, 1.54) is 29.3 Å². The van der Waals surface area contributed by atoms with Crippen LogP contribution in [0.5, 0.6) is 11.6 Å². The molecule has 13 nitrogen and oxygen atoms in total. The highest BCUT2D eigenvalue weighted by atomic mass is 16.5. The summed E-state index contributed by atoms with van der Waals surface area (Å²) < 4.78 is 14.5. The van der Waals surface area contributed by atoms with Crippen molar-refractivity contribution >= 4 is 45.4 Å². The second-order valence-corrected chi connectivity index (χ2v) is 16.4. The number of piperidine rings is 1. The van der Waals surface area contributed by atoms with Gasteiger partial charge in [-0.15, -0.1) is 0 Å².